The number of nitrogens with zero attached hydrogens (tertiary/aromatic N) is 3. The van der Waals surface area contributed by atoms with Crippen LogP contribution in [0.25, 0.3) is 108 Å². The molecule has 0 saturated heterocycles. The lowest BCUT2D eigenvalue weighted by Crippen LogP contribution is -1.96. The molecule has 0 aliphatic heterocycles. The third-order valence-electron chi connectivity index (χ3n) is 10.5. The maximum atomic E-state index is 5.35. The van der Waals surface area contributed by atoms with Crippen LogP contribution in [0.5, 0.6) is 0 Å². The molecular formula is C51H31N3S2. The molecule has 4 aromatic heterocycles. The zero-order valence-electron chi connectivity index (χ0n) is 30.1. The first-order chi connectivity index (χ1) is 27.8. The van der Waals surface area contributed by atoms with Gasteiger partial charge < -0.3 is 0 Å². The number of aromatic nitrogens is 3. The summed E-state index contributed by atoms with van der Waals surface area (Å²) in [6.07, 6.45) is 0. The molecule has 56 heavy (non-hydrogen) atoms. The van der Waals surface area contributed by atoms with Crippen LogP contribution in [-0.4, -0.2) is 15.0 Å². The number of para-hydroxylation sites is 1. The predicted octanol–water partition coefficient (Wildman–Crippen LogP) is 14.6. The summed E-state index contributed by atoms with van der Waals surface area (Å²) in [5.74, 6) is 0.704. The first kappa shape index (κ1) is 32.6. The maximum absolute atomic E-state index is 5.35. The van der Waals surface area contributed by atoms with Crippen molar-refractivity contribution in [2.24, 2.45) is 0 Å². The minimum Gasteiger partial charge on any atom is -0.246 e. The molecule has 11 aromatic rings. The van der Waals surface area contributed by atoms with E-state index in [9.17, 15) is 0 Å². The molecule has 0 unspecified atom stereocenters. The maximum Gasteiger partial charge on any atom is 0.160 e. The van der Waals surface area contributed by atoms with Gasteiger partial charge in [-0.05, 0) is 29.8 Å². The van der Waals surface area contributed by atoms with Crippen LogP contribution in [0, 0.1) is 0 Å². The Kier molecular flexibility index (Phi) is 7.87. The quantitative estimate of drug-likeness (QED) is 0.170. The van der Waals surface area contributed by atoms with Crippen molar-refractivity contribution in [1.82, 2.24) is 15.0 Å². The van der Waals surface area contributed by atoms with Gasteiger partial charge in [0.25, 0.3) is 0 Å². The fraction of sp³-hybridized carbons (Fsp3) is 0. The highest BCUT2D eigenvalue weighted by Gasteiger charge is 2.24. The van der Waals surface area contributed by atoms with Gasteiger partial charge in [-0.3, -0.25) is 0 Å². The Balaban J connectivity index is 1.21. The summed E-state index contributed by atoms with van der Waals surface area (Å²) in [5.41, 5.74) is 11.5. The van der Waals surface area contributed by atoms with Crippen LogP contribution >= 0.6 is 22.7 Å². The highest BCUT2D eigenvalue weighted by molar-refractivity contribution is 7.27. The summed E-state index contributed by atoms with van der Waals surface area (Å²) in [7, 11) is 0. The van der Waals surface area contributed by atoms with E-state index in [4.69, 9.17) is 15.0 Å². The number of pyridine rings is 1. The number of hydrogen-bond donors (Lipinski definition) is 0. The summed E-state index contributed by atoms with van der Waals surface area (Å²) in [6.45, 7) is 0. The molecule has 262 valence electrons. The molecule has 0 spiro atoms. The molecule has 7 aromatic carbocycles. The van der Waals surface area contributed by atoms with Crippen LogP contribution < -0.4 is 0 Å². The molecule has 0 saturated carbocycles. The Morgan fingerprint density at radius 2 is 0.964 bits per heavy atom. The molecule has 4 heterocycles. The summed E-state index contributed by atoms with van der Waals surface area (Å²) < 4.78 is 3.78. The zero-order chi connectivity index (χ0) is 37.0. The van der Waals surface area contributed by atoms with Crippen molar-refractivity contribution in [3.63, 3.8) is 0 Å². The van der Waals surface area contributed by atoms with E-state index in [1.54, 1.807) is 0 Å². The van der Waals surface area contributed by atoms with Crippen molar-refractivity contribution >= 4 is 63.8 Å². The smallest absolute Gasteiger partial charge is 0.160 e. The number of benzene rings is 7. The molecule has 3 nitrogen and oxygen atoms in total. The number of thiophene rings is 2. The van der Waals surface area contributed by atoms with Crippen LogP contribution in [0.2, 0.25) is 0 Å². The SMILES string of the molecule is c1ccc(-c2cc(-c3cccc(-c4c(-c5cccc6c5sc5ccccc56)sc5c(-c6ccccc6)nc6ccccc6c45)c3)nc(-c3ccccc3)n2)cc1. The van der Waals surface area contributed by atoms with E-state index in [-0.39, 0.29) is 0 Å². The molecule has 0 fully saturated rings. The number of fused-ring (bicyclic) bond motifs is 6. The monoisotopic (exact) mass is 749 g/mol. The van der Waals surface area contributed by atoms with Gasteiger partial charge in [0.05, 0.1) is 27.3 Å². The lowest BCUT2D eigenvalue weighted by atomic mass is 9.93. The van der Waals surface area contributed by atoms with Crippen molar-refractivity contribution in [2.75, 3.05) is 0 Å². The van der Waals surface area contributed by atoms with Crippen molar-refractivity contribution < 1.29 is 0 Å². The number of rotatable bonds is 6. The average molecular weight is 750 g/mol. The van der Waals surface area contributed by atoms with Crippen molar-refractivity contribution in [2.45, 2.75) is 0 Å². The van der Waals surface area contributed by atoms with Crippen LogP contribution in [0.1, 0.15) is 0 Å². The van der Waals surface area contributed by atoms with Crippen molar-refractivity contribution in [3.8, 4) is 66.7 Å². The second kappa shape index (κ2) is 13.5. The Hall–Kier alpha value is -6.79. The third-order valence-corrected chi connectivity index (χ3v) is 12.9. The van der Waals surface area contributed by atoms with Gasteiger partial charge in [0.15, 0.2) is 5.82 Å². The molecule has 0 radical (unpaired) electrons. The molecule has 0 atom stereocenters. The first-order valence-corrected chi connectivity index (χ1v) is 20.3. The van der Waals surface area contributed by atoms with Crippen LogP contribution in [0.3, 0.4) is 0 Å². The lowest BCUT2D eigenvalue weighted by molar-refractivity contribution is 1.18. The molecule has 0 amide bonds. The molecule has 5 heteroatoms. The van der Waals surface area contributed by atoms with E-state index in [2.05, 4.69) is 164 Å². The van der Waals surface area contributed by atoms with Gasteiger partial charge in [0.2, 0.25) is 0 Å². The van der Waals surface area contributed by atoms with E-state index in [1.807, 2.05) is 46.9 Å². The fourth-order valence-corrected chi connectivity index (χ4v) is 10.6. The van der Waals surface area contributed by atoms with Crippen molar-refractivity contribution in [1.29, 1.82) is 0 Å². The van der Waals surface area contributed by atoms with Gasteiger partial charge in [-0.25, -0.2) is 15.0 Å². The molecule has 0 aliphatic carbocycles. The van der Waals surface area contributed by atoms with Gasteiger partial charge >= 0.3 is 0 Å². The van der Waals surface area contributed by atoms with Gasteiger partial charge in [-0.2, -0.15) is 0 Å². The molecule has 0 aliphatic rings. The van der Waals surface area contributed by atoms with E-state index in [0.717, 1.165) is 55.8 Å². The molecule has 11 rings (SSSR count). The summed E-state index contributed by atoms with van der Waals surface area (Å²) >= 11 is 3.73. The molecule has 0 bridgehead atoms. The van der Waals surface area contributed by atoms with Gasteiger partial charge in [-0.1, -0.05) is 164 Å². The Morgan fingerprint density at radius 1 is 0.375 bits per heavy atom. The van der Waals surface area contributed by atoms with E-state index < -0.39 is 0 Å². The normalized spacial score (nSPS) is 11.6. The topological polar surface area (TPSA) is 38.7 Å². The van der Waals surface area contributed by atoms with E-state index in [1.165, 1.54) is 46.3 Å². The first-order valence-electron chi connectivity index (χ1n) is 18.7. The summed E-state index contributed by atoms with van der Waals surface area (Å²) in [6, 6.07) is 66.4. The average Bonchev–Trinajstić information content (AvgIpc) is 3.87. The predicted molar refractivity (Wildman–Crippen MR) is 238 cm³/mol. The Bertz CT molecular complexity index is 3180. The lowest BCUT2D eigenvalue weighted by Gasteiger charge is -2.12. The van der Waals surface area contributed by atoms with Gasteiger partial charge in [0.1, 0.15) is 0 Å². The minimum absolute atomic E-state index is 0.704. The van der Waals surface area contributed by atoms with Crippen LogP contribution in [0.15, 0.2) is 188 Å². The van der Waals surface area contributed by atoms with E-state index >= 15 is 0 Å². The second-order valence-electron chi connectivity index (χ2n) is 13.9. The zero-order valence-corrected chi connectivity index (χ0v) is 31.7. The highest BCUT2D eigenvalue weighted by Crippen LogP contribution is 2.52. The summed E-state index contributed by atoms with van der Waals surface area (Å²) in [5, 5.41) is 4.95. The standard InChI is InChI=1S/C51H31N3S2/c1-4-16-32(17-5-1)42-31-43(54-51(53-42)34-20-8-3-9-21-34)35-22-14-23-36(30-35)45-46-39-25-10-12-28-41(39)52-47(33-18-6-2-7-19-33)50(46)56-49(45)40-27-15-26-38-37-24-11-13-29-44(37)55-48(38)40/h1-31H. The van der Waals surface area contributed by atoms with E-state index in [0.29, 0.717) is 5.82 Å². The second-order valence-corrected chi connectivity index (χ2v) is 16.0. The van der Waals surface area contributed by atoms with Crippen LogP contribution in [-0.2, 0) is 0 Å². The molecular weight excluding hydrogens is 719 g/mol. The van der Waals surface area contributed by atoms with Crippen LogP contribution in [0.4, 0.5) is 0 Å². The minimum atomic E-state index is 0.704. The van der Waals surface area contributed by atoms with Crippen molar-refractivity contribution in [3.05, 3.63) is 188 Å². The number of hydrogen-bond acceptors (Lipinski definition) is 5. The Labute approximate surface area is 331 Å². The largest absolute Gasteiger partial charge is 0.246 e. The Morgan fingerprint density at radius 3 is 1.75 bits per heavy atom. The molecule has 0 N–H and O–H groups in total. The van der Waals surface area contributed by atoms with Gasteiger partial charge in [0, 0.05) is 69.2 Å². The summed E-state index contributed by atoms with van der Waals surface area (Å²) in [4.78, 5) is 16.9. The van der Waals surface area contributed by atoms with Gasteiger partial charge in [-0.15, -0.1) is 22.7 Å². The third kappa shape index (κ3) is 5.51. The fourth-order valence-electron chi connectivity index (χ4n) is 7.89. The highest BCUT2D eigenvalue weighted by atomic mass is 32.1.